The van der Waals surface area contributed by atoms with E-state index in [-0.39, 0.29) is 23.1 Å². The Kier molecular flexibility index (Phi) is 6.25. The molecule has 0 spiro atoms. The number of nitrogens with zero attached hydrogens (tertiary/aromatic N) is 5. The maximum Gasteiger partial charge on any atom is 0.387 e. The molecule has 4 heterocycles. The largest absolute Gasteiger partial charge is 0.434 e. The number of ether oxygens (including phenoxy) is 1. The predicted octanol–water partition coefficient (Wildman–Crippen LogP) is 6.66. The molecule has 0 saturated heterocycles. The Hall–Kier alpha value is -4.39. The van der Waals surface area contributed by atoms with Gasteiger partial charge in [-0.3, -0.25) is 9.78 Å². The fraction of sp³-hybridized carbons (Fsp3) is 0.333. The highest BCUT2D eigenvalue weighted by molar-refractivity contribution is 5.98. The van der Waals surface area contributed by atoms with E-state index in [0.29, 0.717) is 34.5 Å². The molecule has 2 atom stereocenters. The zero-order chi connectivity index (χ0) is 28.2. The average molecular weight is 546 g/mol. The van der Waals surface area contributed by atoms with Gasteiger partial charge in [0.2, 0.25) is 0 Å². The smallest absolute Gasteiger partial charge is 0.387 e. The summed E-state index contributed by atoms with van der Waals surface area (Å²) in [5.41, 5.74) is 3.65. The van der Waals surface area contributed by atoms with E-state index in [4.69, 9.17) is 15.0 Å². The van der Waals surface area contributed by atoms with Crippen molar-refractivity contribution >= 4 is 16.9 Å². The monoisotopic (exact) mass is 545 g/mol. The standard InChI is InChI=1S/C24H17F3N4O2.C6H9N/c1-30-19-9-18(21-15(23(30)32)3-2-4-20(21)33-24(26)27)31-17-8-12(5-6-16(17)29-22(19)31)13-7-14(25)11-28-10-13;1-6(5-7)3-2-4-6/h2-8,10-11,18-19,24H,9H2,1H3;2-4H2,1H3. The van der Waals surface area contributed by atoms with Crippen LogP contribution >= 0.6 is 0 Å². The van der Waals surface area contributed by atoms with Gasteiger partial charge >= 0.3 is 6.61 Å². The number of carbonyl (C=O) groups is 1. The number of hydrogen-bond donors (Lipinski definition) is 0. The second kappa shape index (κ2) is 9.66. The minimum Gasteiger partial charge on any atom is -0.434 e. The summed E-state index contributed by atoms with van der Waals surface area (Å²) in [6.07, 6.45) is 6.69. The molecule has 1 fully saturated rings. The zero-order valence-corrected chi connectivity index (χ0v) is 21.9. The van der Waals surface area contributed by atoms with Crippen LogP contribution in [0.1, 0.15) is 66.4 Å². The van der Waals surface area contributed by atoms with Crippen molar-refractivity contribution < 1.29 is 22.7 Å². The van der Waals surface area contributed by atoms with Gasteiger partial charge in [-0.05, 0) is 55.7 Å². The Balaban J connectivity index is 0.000000363. The molecule has 10 heteroatoms. The number of fused-ring (bicyclic) bond motifs is 9. The Morgan fingerprint density at radius 3 is 2.58 bits per heavy atom. The van der Waals surface area contributed by atoms with E-state index < -0.39 is 18.5 Å². The summed E-state index contributed by atoms with van der Waals surface area (Å²) in [5, 5.41) is 8.40. The summed E-state index contributed by atoms with van der Waals surface area (Å²) in [5.74, 6) is -0.0451. The predicted molar refractivity (Wildman–Crippen MR) is 141 cm³/mol. The number of amides is 1. The Labute approximate surface area is 228 Å². The summed E-state index contributed by atoms with van der Waals surface area (Å²) < 4.78 is 46.9. The van der Waals surface area contributed by atoms with Crippen LogP contribution in [0.5, 0.6) is 5.75 Å². The van der Waals surface area contributed by atoms with Gasteiger partial charge in [-0.25, -0.2) is 9.37 Å². The number of halogens is 3. The first-order chi connectivity index (χ1) is 19.2. The van der Waals surface area contributed by atoms with Gasteiger partial charge in [0.25, 0.3) is 5.91 Å². The Morgan fingerprint density at radius 2 is 1.93 bits per heavy atom. The van der Waals surface area contributed by atoms with Gasteiger partial charge in [-0.1, -0.05) is 18.6 Å². The lowest BCUT2D eigenvalue weighted by Gasteiger charge is -2.30. The molecule has 1 saturated carbocycles. The van der Waals surface area contributed by atoms with Crippen molar-refractivity contribution in [2.24, 2.45) is 5.41 Å². The molecule has 2 bridgehead atoms. The van der Waals surface area contributed by atoms with Crippen LogP contribution in [0.2, 0.25) is 0 Å². The summed E-state index contributed by atoms with van der Waals surface area (Å²) >= 11 is 0. The number of alkyl halides is 2. The molecule has 7 rings (SSSR count). The van der Waals surface area contributed by atoms with Crippen LogP contribution < -0.4 is 4.74 Å². The highest BCUT2D eigenvalue weighted by Gasteiger charge is 2.45. The van der Waals surface area contributed by atoms with Gasteiger partial charge < -0.3 is 14.2 Å². The summed E-state index contributed by atoms with van der Waals surface area (Å²) in [6, 6.07) is 13.1. The van der Waals surface area contributed by atoms with Crippen molar-refractivity contribution in [2.75, 3.05) is 7.05 Å². The fourth-order valence-electron chi connectivity index (χ4n) is 5.85. The molecule has 3 aliphatic rings. The minimum atomic E-state index is -3.02. The van der Waals surface area contributed by atoms with Crippen LogP contribution in [0.25, 0.3) is 22.2 Å². The van der Waals surface area contributed by atoms with E-state index in [2.05, 4.69) is 11.1 Å². The number of benzene rings is 2. The molecule has 2 aliphatic heterocycles. The lowest BCUT2D eigenvalue weighted by molar-refractivity contribution is -0.0507. The molecule has 0 N–H and O–H groups in total. The molecule has 7 nitrogen and oxygen atoms in total. The van der Waals surface area contributed by atoms with Gasteiger partial charge in [0.1, 0.15) is 17.4 Å². The molecule has 0 radical (unpaired) electrons. The van der Waals surface area contributed by atoms with E-state index in [1.54, 1.807) is 30.3 Å². The van der Waals surface area contributed by atoms with Gasteiger partial charge in [0, 0.05) is 36.4 Å². The highest BCUT2D eigenvalue weighted by atomic mass is 19.3. The number of hydrogen-bond acceptors (Lipinski definition) is 5. The van der Waals surface area contributed by atoms with Crippen molar-refractivity contribution in [1.29, 1.82) is 5.26 Å². The molecular weight excluding hydrogens is 519 g/mol. The van der Waals surface area contributed by atoms with E-state index in [1.807, 2.05) is 29.7 Å². The molecule has 204 valence electrons. The maximum absolute atomic E-state index is 13.7. The van der Waals surface area contributed by atoms with Crippen molar-refractivity contribution in [3.8, 4) is 22.9 Å². The van der Waals surface area contributed by atoms with E-state index >= 15 is 0 Å². The second-order valence-corrected chi connectivity index (χ2v) is 10.7. The number of aromatic nitrogens is 3. The molecule has 4 aromatic rings. The van der Waals surface area contributed by atoms with Crippen molar-refractivity contribution in [3.05, 3.63) is 77.6 Å². The first-order valence-electron chi connectivity index (χ1n) is 13.1. The summed E-state index contributed by atoms with van der Waals surface area (Å²) in [4.78, 5) is 23.5. The van der Waals surface area contributed by atoms with Crippen LogP contribution in [0.3, 0.4) is 0 Å². The molecule has 40 heavy (non-hydrogen) atoms. The molecule has 2 aromatic carbocycles. The SMILES string of the molecule is CC1(C#N)CCC1.CN1C(=O)c2cccc(OC(F)F)c2C2CC1c1nc3ccc(-c4cncc(F)c4)cc3n12. The molecule has 1 aliphatic carbocycles. The first-order valence-corrected chi connectivity index (χ1v) is 13.1. The van der Waals surface area contributed by atoms with Gasteiger partial charge in [-0.15, -0.1) is 0 Å². The summed E-state index contributed by atoms with van der Waals surface area (Å²) in [7, 11) is 1.69. The minimum absolute atomic E-state index is 0.0184. The Morgan fingerprint density at radius 1 is 1.12 bits per heavy atom. The van der Waals surface area contributed by atoms with Gasteiger partial charge in [0.15, 0.2) is 0 Å². The fourth-order valence-corrected chi connectivity index (χ4v) is 5.85. The topological polar surface area (TPSA) is 84.0 Å². The zero-order valence-electron chi connectivity index (χ0n) is 21.9. The van der Waals surface area contributed by atoms with Gasteiger partial charge in [-0.2, -0.15) is 14.0 Å². The van der Waals surface area contributed by atoms with Crippen LogP contribution in [-0.4, -0.2) is 39.0 Å². The summed E-state index contributed by atoms with van der Waals surface area (Å²) in [6.45, 7) is -0.993. The third-order valence-corrected chi connectivity index (χ3v) is 8.17. The van der Waals surface area contributed by atoms with E-state index in [1.165, 1.54) is 18.6 Å². The quantitative estimate of drug-likeness (QED) is 0.288. The van der Waals surface area contributed by atoms with Crippen LogP contribution in [0.15, 0.2) is 54.9 Å². The first kappa shape index (κ1) is 25.9. The molecule has 2 unspecified atom stereocenters. The normalized spacial score (nSPS) is 20.1. The Bertz CT molecular complexity index is 1670. The van der Waals surface area contributed by atoms with E-state index in [9.17, 15) is 18.0 Å². The van der Waals surface area contributed by atoms with E-state index in [0.717, 1.165) is 30.1 Å². The third-order valence-electron chi connectivity index (χ3n) is 8.17. The highest BCUT2D eigenvalue weighted by Crippen LogP contribution is 2.50. The van der Waals surface area contributed by atoms with Crippen molar-refractivity contribution in [3.63, 3.8) is 0 Å². The maximum atomic E-state index is 13.7. The molecular formula is C30H26F3N5O2. The number of imidazole rings is 1. The number of nitriles is 1. The van der Waals surface area contributed by atoms with Crippen molar-refractivity contribution in [1.82, 2.24) is 19.4 Å². The number of rotatable bonds is 3. The number of carbonyl (C=O) groups excluding carboxylic acids is 1. The van der Waals surface area contributed by atoms with Crippen LogP contribution in [0.4, 0.5) is 13.2 Å². The molecule has 2 aromatic heterocycles. The lowest BCUT2D eigenvalue weighted by atomic mass is 9.72. The lowest BCUT2D eigenvalue weighted by Crippen LogP contribution is -2.30. The second-order valence-electron chi connectivity index (χ2n) is 10.7. The third kappa shape index (κ3) is 4.26. The van der Waals surface area contributed by atoms with Crippen molar-refractivity contribution in [2.45, 2.75) is 51.3 Å². The average Bonchev–Trinajstić information content (AvgIpc) is 3.44. The van der Waals surface area contributed by atoms with Gasteiger partial charge in [0.05, 0.1) is 40.8 Å². The van der Waals surface area contributed by atoms with Crippen LogP contribution in [0, 0.1) is 22.6 Å². The number of pyridine rings is 1. The molecule has 1 amide bonds. The van der Waals surface area contributed by atoms with Crippen LogP contribution in [-0.2, 0) is 0 Å².